The Balaban J connectivity index is 3.17. The van der Waals surface area contributed by atoms with E-state index in [2.05, 4.69) is 19.6 Å². The summed E-state index contributed by atoms with van der Waals surface area (Å²) in [5.41, 5.74) is 0. The van der Waals surface area contributed by atoms with Crippen molar-refractivity contribution in [1.82, 2.24) is 0 Å². The van der Waals surface area contributed by atoms with E-state index >= 15 is 0 Å². The zero-order valence-corrected chi connectivity index (χ0v) is 7.76. The molecule has 0 aromatic carbocycles. The van der Waals surface area contributed by atoms with E-state index in [-0.39, 0.29) is 9.04 Å². The van der Waals surface area contributed by atoms with Crippen molar-refractivity contribution < 1.29 is 0 Å². The van der Waals surface area contributed by atoms with Crippen molar-refractivity contribution in [1.29, 1.82) is 0 Å². The summed E-state index contributed by atoms with van der Waals surface area (Å²) in [6.07, 6.45) is 0. The van der Waals surface area contributed by atoms with Crippen LogP contribution < -0.4 is 0 Å². The molecule has 0 spiro atoms. The molecular weight excluding hydrogens is 128 g/mol. The molecule has 0 N–H and O–H groups in total. The molecule has 0 saturated carbocycles. The summed E-state index contributed by atoms with van der Waals surface area (Å²) in [5, 5.41) is 0. The van der Waals surface area contributed by atoms with E-state index in [0.717, 1.165) is 0 Å². The van der Waals surface area contributed by atoms with E-state index in [9.17, 15) is 0 Å². The molecule has 0 heterocycles. The fourth-order valence-electron chi connectivity index (χ4n) is 0. The molecule has 0 amide bonds. The van der Waals surface area contributed by atoms with Crippen molar-refractivity contribution in [2.24, 2.45) is 0 Å². The molecular formula is C3H11ClSi2. The number of hydrogen-bond donors (Lipinski definition) is 0. The second kappa shape index (κ2) is 2.14. The minimum Gasteiger partial charge on any atom is -0.172 e. The van der Waals surface area contributed by atoms with Crippen LogP contribution in [0.1, 0.15) is 0 Å². The molecule has 0 atom stereocenters. The monoisotopic (exact) mass is 138 g/mol. The van der Waals surface area contributed by atoms with Gasteiger partial charge in [-0.3, -0.25) is 0 Å². The van der Waals surface area contributed by atoms with Gasteiger partial charge in [-0.15, -0.1) is 0 Å². The lowest BCUT2D eigenvalue weighted by molar-refractivity contribution is 2.03. The van der Waals surface area contributed by atoms with Gasteiger partial charge in [-0.2, -0.15) is 11.1 Å². The Morgan fingerprint density at radius 2 is 1.67 bits per heavy atom. The molecule has 0 saturated heterocycles. The maximum Gasteiger partial charge on any atom is 0.133 e. The van der Waals surface area contributed by atoms with E-state index in [1.807, 2.05) is 0 Å². The SMILES string of the molecule is C[SiH2][Si](C)(C)Cl. The summed E-state index contributed by atoms with van der Waals surface area (Å²) >= 11 is 5.92. The average Bonchev–Trinajstić information content (AvgIpc) is 1.35. The first-order valence-corrected chi connectivity index (χ1v) is 10.0. The standard InChI is InChI=1S/C3H11ClSi2/c1-5-6(2,3)4/h5H2,1-3H3. The van der Waals surface area contributed by atoms with Crippen molar-refractivity contribution in [3.05, 3.63) is 0 Å². The van der Waals surface area contributed by atoms with Gasteiger partial charge in [0.25, 0.3) is 0 Å². The van der Waals surface area contributed by atoms with Crippen LogP contribution in [0, 0.1) is 0 Å². The molecule has 0 nitrogen and oxygen atoms in total. The fourth-order valence-corrected chi connectivity index (χ4v) is 0. The van der Waals surface area contributed by atoms with E-state index < -0.39 is 6.90 Å². The Morgan fingerprint density at radius 3 is 1.67 bits per heavy atom. The molecule has 0 aliphatic rings. The highest BCUT2D eigenvalue weighted by Crippen LogP contribution is 2.02. The zero-order chi connectivity index (χ0) is 5.21. The molecule has 0 aromatic heterocycles. The van der Waals surface area contributed by atoms with Gasteiger partial charge in [0.05, 0.1) is 0 Å². The molecule has 0 aromatic rings. The van der Waals surface area contributed by atoms with Crippen molar-refractivity contribution in [2.75, 3.05) is 0 Å². The molecule has 0 rings (SSSR count). The highest BCUT2D eigenvalue weighted by molar-refractivity contribution is 7.46. The third-order valence-electron chi connectivity index (χ3n) is 0.841. The Hall–Kier alpha value is 0.724. The molecule has 38 valence electrons. The molecule has 0 bridgehead atoms. The van der Waals surface area contributed by atoms with Crippen molar-refractivity contribution in [2.45, 2.75) is 19.6 Å². The Bertz CT molecular complexity index is 38.5. The summed E-state index contributed by atoms with van der Waals surface area (Å²) in [5.74, 6) is 0. The normalized spacial score (nSPS) is 14.0. The Morgan fingerprint density at radius 1 is 1.50 bits per heavy atom. The van der Waals surface area contributed by atoms with Gasteiger partial charge in [0.15, 0.2) is 0 Å². The van der Waals surface area contributed by atoms with E-state index in [0.29, 0.717) is 0 Å². The van der Waals surface area contributed by atoms with Gasteiger partial charge in [-0.05, 0) is 0 Å². The summed E-state index contributed by atoms with van der Waals surface area (Å²) in [4.78, 5) is 0. The van der Waals surface area contributed by atoms with Gasteiger partial charge in [-0.1, -0.05) is 19.6 Å². The zero-order valence-electron chi connectivity index (χ0n) is 4.59. The minimum absolute atomic E-state index is 0.157. The number of hydrogen-bond acceptors (Lipinski definition) is 0. The molecule has 0 fully saturated rings. The predicted octanol–water partition coefficient (Wildman–Crippen LogP) is 1.14. The number of rotatable bonds is 1. The first-order chi connectivity index (χ1) is 2.56. The maximum absolute atomic E-state index is 5.92. The van der Waals surface area contributed by atoms with Gasteiger partial charge in [0.2, 0.25) is 0 Å². The number of halogens is 1. The lowest BCUT2D eigenvalue weighted by Crippen LogP contribution is -2.23. The van der Waals surface area contributed by atoms with Gasteiger partial charge in [0.1, 0.15) is 6.90 Å². The summed E-state index contributed by atoms with van der Waals surface area (Å²) in [7, 11) is 0.157. The third kappa shape index (κ3) is 4.72. The highest BCUT2D eigenvalue weighted by Gasteiger charge is 2.11. The van der Waals surface area contributed by atoms with Crippen LogP contribution in [0.25, 0.3) is 0 Å². The molecule has 0 aliphatic heterocycles. The fraction of sp³-hybridized carbons (Fsp3) is 1.00. The molecule has 0 radical (unpaired) electrons. The summed E-state index contributed by atoms with van der Waals surface area (Å²) in [6.45, 7) is 5.68. The van der Waals surface area contributed by atoms with E-state index in [4.69, 9.17) is 11.1 Å². The molecule has 0 aliphatic carbocycles. The smallest absolute Gasteiger partial charge is 0.133 e. The predicted molar refractivity (Wildman–Crippen MR) is 37.7 cm³/mol. The van der Waals surface area contributed by atoms with Gasteiger partial charge >= 0.3 is 0 Å². The van der Waals surface area contributed by atoms with Crippen molar-refractivity contribution in [3.8, 4) is 0 Å². The van der Waals surface area contributed by atoms with Crippen LogP contribution in [0.2, 0.25) is 19.6 Å². The van der Waals surface area contributed by atoms with Crippen molar-refractivity contribution in [3.63, 3.8) is 0 Å². The maximum atomic E-state index is 5.92. The second-order valence-electron chi connectivity index (χ2n) is 2.07. The van der Waals surface area contributed by atoms with Crippen molar-refractivity contribution >= 4 is 27.0 Å². The molecule has 3 heteroatoms. The summed E-state index contributed by atoms with van der Waals surface area (Å²) < 4.78 is 0. The Labute approximate surface area is 47.2 Å². The van der Waals surface area contributed by atoms with Gasteiger partial charge in [0, 0.05) is 9.04 Å². The first-order valence-electron chi connectivity index (χ1n) is 2.25. The average molecular weight is 139 g/mol. The van der Waals surface area contributed by atoms with Crippen LogP contribution in [0.5, 0.6) is 0 Å². The third-order valence-corrected chi connectivity index (χ3v) is 9.97. The van der Waals surface area contributed by atoms with Gasteiger partial charge in [-0.25, -0.2) is 0 Å². The minimum atomic E-state index is -1.02. The highest BCUT2D eigenvalue weighted by atomic mass is 35.6. The summed E-state index contributed by atoms with van der Waals surface area (Å²) in [6, 6.07) is 0. The Kier molecular flexibility index (Phi) is 2.40. The van der Waals surface area contributed by atoms with E-state index in [1.165, 1.54) is 0 Å². The lowest BCUT2D eigenvalue weighted by Gasteiger charge is -2.04. The van der Waals surface area contributed by atoms with Crippen LogP contribution >= 0.6 is 11.1 Å². The lowest BCUT2D eigenvalue weighted by atomic mass is 11.9. The van der Waals surface area contributed by atoms with Crippen LogP contribution in [0.4, 0.5) is 0 Å². The molecule has 6 heavy (non-hydrogen) atoms. The van der Waals surface area contributed by atoms with Crippen LogP contribution in [-0.2, 0) is 0 Å². The molecule has 0 unspecified atom stereocenters. The van der Waals surface area contributed by atoms with E-state index in [1.54, 1.807) is 0 Å². The second-order valence-corrected chi connectivity index (χ2v) is 18.1. The quantitative estimate of drug-likeness (QED) is 0.377. The topological polar surface area (TPSA) is 0 Å². The van der Waals surface area contributed by atoms with Crippen LogP contribution in [0.15, 0.2) is 0 Å². The first kappa shape index (κ1) is 6.72. The van der Waals surface area contributed by atoms with Crippen LogP contribution in [0.3, 0.4) is 0 Å². The van der Waals surface area contributed by atoms with Gasteiger partial charge < -0.3 is 0 Å². The van der Waals surface area contributed by atoms with Crippen LogP contribution in [-0.4, -0.2) is 15.9 Å². The largest absolute Gasteiger partial charge is 0.172 e.